The van der Waals surface area contributed by atoms with E-state index in [2.05, 4.69) is 5.32 Å². The molecule has 3 rings (SSSR count). The minimum atomic E-state index is -0.320. The standard InChI is InChI=1S/C17H15ClN2O3/c1-11-6-7-14-15(8-11)23-10-17(22)20(14)9-16(21)19-13-5-3-2-4-12(13)18/h2-8H,9-10H2,1H3,(H,19,21). The van der Waals surface area contributed by atoms with E-state index in [-0.39, 0.29) is 25.0 Å². The van der Waals surface area contributed by atoms with E-state index in [0.717, 1.165) is 5.56 Å². The van der Waals surface area contributed by atoms with Crippen molar-refractivity contribution in [3.8, 4) is 5.75 Å². The first-order valence-corrected chi connectivity index (χ1v) is 7.50. The van der Waals surface area contributed by atoms with E-state index in [1.165, 1.54) is 4.90 Å². The molecule has 6 heteroatoms. The number of benzene rings is 2. The van der Waals surface area contributed by atoms with Crippen LogP contribution < -0.4 is 15.0 Å². The molecule has 5 nitrogen and oxygen atoms in total. The zero-order valence-corrected chi connectivity index (χ0v) is 13.3. The van der Waals surface area contributed by atoms with Crippen LogP contribution in [0.25, 0.3) is 0 Å². The molecule has 0 fully saturated rings. The number of nitrogens with one attached hydrogen (secondary N) is 1. The Hall–Kier alpha value is -2.53. The number of ether oxygens (including phenoxy) is 1. The van der Waals surface area contributed by atoms with E-state index in [9.17, 15) is 9.59 Å². The van der Waals surface area contributed by atoms with Gasteiger partial charge in [0.05, 0.1) is 16.4 Å². The average molecular weight is 331 g/mol. The van der Waals surface area contributed by atoms with E-state index in [4.69, 9.17) is 16.3 Å². The molecule has 0 atom stereocenters. The molecule has 0 aromatic heterocycles. The van der Waals surface area contributed by atoms with Crippen LogP contribution in [0.5, 0.6) is 5.75 Å². The highest BCUT2D eigenvalue weighted by atomic mass is 35.5. The SMILES string of the molecule is Cc1ccc2c(c1)OCC(=O)N2CC(=O)Nc1ccccc1Cl. The lowest BCUT2D eigenvalue weighted by molar-refractivity contribution is -0.123. The molecule has 0 saturated heterocycles. The number of hydrogen-bond donors (Lipinski definition) is 1. The highest BCUT2D eigenvalue weighted by Crippen LogP contribution is 2.32. The predicted molar refractivity (Wildman–Crippen MR) is 89.1 cm³/mol. The lowest BCUT2D eigenvalue weighted by Gasteiger charge is -2.29. The van der Waals surface area contributed by atoms with Crippen LogP contribution in [-0.2, 0) is 9.59 Å². The Labute approximate surface area is 138 Å². The zero-order valence-electron chi connectivity index (χ0n) is 12.5. The Bertz CT molecular complexity index is 776. The summed E-state index contributed by atoms with van der Waals surface area (Å²) in [4.78, 5) is 25.8. The predicted octanol–water partition coefficient (Wildman–Crippen LogP) is 3.01. The zero-order chi connectivity index (χ0) is 16.4. The molecule has 0 saturated carbocycles. The molecule has 0 bridgehead atoms. The molecule has 1 aliphatic heterocycles. The van der Waals surface area contributed by atoms with Crippen LogP contribution in [0.4, 0.5) is 11.4 Å². The number of amides is 2. The molecule has 0 aliphatic carbocycles. The third-order valence-electron chi connectivity index (χ3n) is 3.51. The Kier molecular flexibility index (Phi) is 4.21. The maximum atomic E-state index is 12.3. The van der Waals surface area contributed by atoms with Gasteiger partial charge in [0, 0.05) is 0 Å². The van der Waals surface area contributed by atoms with Gasteiger partial charge in [-0.25, -0.2) is 0 Å². The number of rotatable bonds is 3. The number of carbonyl (C=O) groups excluding carboxylic acids is 2. The second kappa shape index (κ2) is 6.30. The Morgan fingerprint density at radius 1 is 1.30 bits per heavy atom. The fourth-order valence-corrected chi connectivity index (χ4v) is 2.56. The van der Waals surface area contributed by atoms with Gasteiger partial charge in [0.15, 0.2) is 6.61 Å². The number of aryl methyl sites for hydroxylation is 1. The first kappa shape index (κ1) is 15.4. The number of fused-ring (bicyclic) bond motifs is 1. The van der Waals surface area contributed by atoms with Crippen LogP contribution in [0.15, 0.2) is 42.5 Å². The third kappa shape index (κ3) is 3.29. The number of carbonyl (C=O) groups is 2. The summed E-state index contributed by atoms with van der Waals surface area (Å²) in [6.07, 6.45) is 0. The summed E-state index contributed by atoms with van der Waals surface area (Å²) in [7, 11) is 0. The van der Waals surface area contributed by atoms with Crippen LogP contribution in [0.1, 0.15) is 5.56 Å². The summed E-state index contributed by atoms with van der Waals surface area (Å²) < 4.78 is 5.42. The maximum absolute atomic E-state index is 12.3. The lowest BCUT2D eigenvalue weighted by atomic mass is 10.1. The van der Waals surface area contributed by atoms with Crippen LogP contribution in [0.3, 0.4) is 0 Å². The first-order valence-electron chi connectivity index (χ1n) is 7.13. The number of nitrogens with zero attached hydrogens (tertiary/aromatic N) is 1. The second-order valence-electron chi connectivity index (χ2n) is 5.27. The summed E-state index contributed by atoms with van der Waals surface area (Å²) in [6, 6.07) is 12.5. The Morgan fingerprint density at radius 3 is 2.87 bits per heavy atom. The molecule has 0 unspecified atom stereocenters. The normalized spacial score (nSPS) is 13.3. The van der Waals surface area contributed by atoms with Crippen LogP contribution in [0.2, 0.25) is 5.02 Å². The van der Waals surface area contributed by atoms with Gasteiger partial charge in [-0.3, -0.25) is 14.5 Å². The molecule has 1 N–H and O–H groups in total. The van der Waals surface area contributed by atoms with Crippen LogP contribution in [0, 0.1) is 6.92 Å². The van der Waals surface area contributed by atoms with Crippen molar-refractivity contribution >= 4 is 34.8 Å². The van der Waals surface area contributed by atoms with E-state index in [0.29, 0.717) is 22.1 Å². The quantitative estimate of drug-likeness (QED) is 0.941. The summed E-state index contributed by atoms with van der Waals surface area (Å²) in [5.74, 6) is 0.0330. The number of hydrogen-bond acceptors (Lipinski definition) is 3. The van der Waals surface area contributed by atoms with Gasteiger partial charge in [0.1, 0.15) is 12.3 Å². The highest BCUT2D eigenvalue weighted by Gasteiger charge is 2.27. The van der Waals surface area contributed by atoms with Gasteiger partial charge >= 0.3 is 0 Å². The molecule has 1 aliphatic rings. The first-order chi connectivity index (χ1) is 11.0. The molecule has 2 aromatic carbocycles. The fraction of sp³-hybridized carbons (Fsp3) is 0.176. The molecule has 23 heavy (non-hydrogen) atoms. The van der Waals surface area contributed by atoms with Gasteiger partial charge in [-0.05, 0) is 36.8 Å². The monoisotopic (exact) mass is 330 g/mol. The maximum Gasteiger partial charge on any atom is 0.265 e. The van der Waals surface area contributed by atoms with Crippen molar-refractivity contribution in [3.05, 3.63) is 53.1 Å². The smallest absolute Gasteiger partial charge is 0.265 e. The molecule has 2 amide bonds. The van der Waals surface area contributed by atoms with Crippen molar-refractivity contribution in [2.75, 3.05) is 23.4 Å². The van der Waals surface area contributed by atoms with Gasteiger partial charge in [-0.1, -0.05) is 29.8 Å². The summed E-state index contributed by atoms with van der Waals surface area (Å²) >= 11 is 6.02. The van der Waals surface area contributed by atoms with E-state index < -0.39 is 0 Å². The summed E-state index contributed by atoms with van der Waals surface area (Å²) in [6.45, 7) is 1.77. The Morgan fingerprint density at radius 2 is 2.09 bits per heavy atom. The van der Waals surface area contributed by atoms with Gasteiger partial charge < -0.3 is 10.1 Å². The van der Waals surface area contributed by atoms with Crippen molar-refractivity contribution < 1.29 is 14.3 Å². The van der Waals surface area contributed by atoms with Crippen LogP contribution >= 0.6 is 11.6 Å². The summed E-state index contributed by atoms with van der Waals surface area (Å²) in [5, 5.41) is 3.16. The highest BCUT2D eigenvalue weighted by molar-refractivity contribution is 6.33. The third-order valence-corrected chi connectivity index (χ3v) is 3.84. The Balaban J connectivity index is 1.78. The van der Waals surface area contributed by atoms with Crippen molar-refractivity contribution in [2.45, 2.75) is 6.92 Å². The molecule has 2 aromatic rings. The van der Waals surface area contributed by atoms with Gasteiger partial charge in [0.25, 0.3) is 5.91 Å². The van der Waals surface area contributed by atoms with Gasteiger partial charge in [-0.2, -0.15) is 0 Å². The molecule has 1 heterocycles. The minimum Gasteiger partial charge on any atom is -0.482 e. The number of halogens is 1. The minimum absolute atomic E-state index is 0.0736. The van der Waals surface area contributed by atoms with Crippen molar-refractivity contribution in [1.82, 2.24) is 0 Å². The second-order valence-corrected chi connectivity index (χ2v) is 5.67. The van der Waals surface area contributed by atoms with Gasteiger partial charge in [0.2, 0.25) is 5.91 Å². The lowest BCUT2D eigenvalue weighted by Crippen LogP contribution is -2.43. The van der Waals surface area contributed by atoms with Crippen molar-refractivity contribution in [2.24, 2.45) is 0 Å². The fourth-order valence-electron chi connectivity index (χ4n) is 2.38. The van der Waals surface area contributed by atoms with E-state index >= 15 is 0 Å². The molecule has 0 radical (unpaired) electrons. The molecule has 0 spiro atoms. The summed E-state index contributed by atoms with van der Waals surface area (Å²) in [5.41, 5.74) is 2.14. The molecular formula is C17H15ClN2O3. The van der Waals surface area contributed by atoms with Crippen molar-refractivity contribution in [1.29, 1.82) is 0 Å². The molecule has 118 valence electrons. The van der Waals surface area contributed by atoms with Gasteiger partial charge in [-0.15, -0.1) is 0 Å². The largest absolute Gasteiger partial charge is 0.482 e. The number of para-hydroxylation sites is 1. The number of anilines is 2. The van der Waals surface area contributed by atoms with Crippen LogP contribution in [-0.4, -0.2) is 25.0 Å². The molecular weight excluding hydrogens is 316 g/mol. The average Bonchev–Trinajstić information content (AvgIpc) is 2.52. The topological polar surface area (TPSA) is 58.6 Å². The van der Waals surface area contributed by atoms with E-state index in [1.54, 1.807) is 30.3 Å². The van der Waals surface area contributed by atoms with E-state index in [1.807, 2.05) is 19.1 Å². The van der Waals surface area contributed by atoms with Crippen molar-refractivity contribution in [3.63, 3.8) is 0 Å².